The monoisotopic (exact) mass is 226 g/mol. The van der Waals surface area contributed by atoms with E-state index in [4.69, 9.17) is 5.73 Å². The Kier molecular flexibility index (Phi) is 3.88. The highest BCUT2D eigenvalue weighted by molar-refractivity contribution is 7.10. The van der Waals surface area contributed by atoms with Crippen molar-refractivity contribution in [1.82, 2.24) is 5.32 Å². The first kappa shape index (κ1) is 12.2. The third-order valence-corrected chi connectivity index (χ3v) is 3.43. The van der Waals surface area contributed by atoms with Crippen molar-refractivity contribution < 1.29 is 4.79 Å². The van der Waals surface area contributed by atoms with E-state index in [0.29, 0.717) is 0 Å². The van der Waals surface area contributed by atoms with Gasteiger partial charge in [0.2, 0.25) is 5.91 Å². The van der Waals surface area contributed by atoms with E-state index < -0.39 is 6.04 Å². The molecule has 84 valence electrons. The smallest absolute Gasteiger partial charge is 0.242 e. The molecule has 0 saturated heterocycles. The van der Waals surface area contributed by atoms with Gasteiger partial charge in [0.25, 0.3) is 0 Å². The summed E-state index contributed by atoms with van der Waals surface area (Å²) < 4.78 is 0. The molecule has 3 N–H and O–H groups in total. The van der Waals surface area contributed by atoms with Crippen molar-refractivity contribution in [2.24, 2.45) is 5.73 Å². The fraction of sp³-hybridized carbons (Fsp3) is 0.545. The van der Waals surface area contributed by atoms with Gasteiger partial charge in [-0.15, -0.1) is 11.3 Å². The SMILES string of the molecule is CCC(C)(C)NC(=O)C(N)c1cccs1. The summed E-state index contributed by atoms with van der Waals surface area (Å²) >= 11 is 1.51. The summed E-state index contributed by atoms with van der Waals surface area (Å²) in [7, 11) is 0. The van der Waals surface area contributed by atoms with E-state index in [2.05, 4.69) is 5.32 Å². The van der Waals surface area contributed by atoms with Gasteiger partial charge in [-0.05, 0) is 31.7 Å². The standard InChI is InChI=1S/C11H18N2OS/c1-4-11(2,3)13-10(14)9(12)8-6-5-7-15-8/h5-7,9H,4,12H2,1-3H3,(H,13,14). The van der Waals surface area contributed by atoms with E-state index in [1.165, 1.54) is 11.3 Å². The van der Waals surface area contributed by atoms with E-state index in [0.717, 1.165) is 11.3 Å². The van der Waals surface area contributed by atoms with Crippen molar-refractivity contribution in [1.29, 1.82) is 0 Å². The largest absolute Gasteiger partial charge is 0.350 e. The van der Waals surface area contributed by atoms with Gasteiger partial charge in [0.15, 0.2) is 0 Å². The van der Waals surface area contributed by atoms with E-state index in [9.17, 15) is 4.79 Å². The Morgan fingerprint density at radius 3 is 2.80 bits per heavy atom. The zero-order valence-electron chi connectivity index (χ0n) is 9.41. The minimum absolute atomic E-state index is 0.107. The van der Waals surface area contributed by atoms with Gasteiger partial charge >= 0.3 is 0 Å². The first-order valence-electron chi connectivity index (χ1n) is 5.07. The zero-order chi connectivity index (χ0) is 11.5. The minimum atomic E-state index is -0.546. The molecule has 0 saturated carbocycles. The number of hydrogen-bond acceptors (Lipinski definition) is 3. The van der Waals surface area contributed by atoms with Crippen LogP contribution in [0.15, 0.2) is 17.5 Å². The molecule has 0 spiro atoms. The summed E-state index contributed by atoms with van der Waals surface area (Å²) in [5.41, 5.74) is 5.65. The van der Waals surface area contributed by atoms with E-state index in [1.54, 1.807) is 0 Å². The molecular weight excluding hydrogens is 208 g/mol. The molecule has 1 atom stereocenters. The Labute approximate surface area is 94.7 Å². The maximum absolute atomic E-state index is 11.8. The van der Waals surface area contributed by atoms with Crippen molar-refractivity contribution in [3.05, 3.63) is 22.4 Å². The van der Waals surface area contributed by atoms with Crippen molar-refractivity contribution in [2.45, 2.75) is 38.8 Å². The highest BCUT2D eigenvalue weighted by Gasteiger charge is 2.23. The molecule has 0 radical (unpaired) electrons. The fourth-order valence-corrected chi connectivity index (χ4v) is 1.82. The Morgan fingerprint density at radius 1 is 1.67 bits per heavy atom. The zero-order valence-corrected chi connectivity index (χ0v) is 10.2. The predicted octanol–water partition coefficient (Wildman–Crippen LogP) is 2.05. The van der Waals surface area contributed by atoms with Gasteiger partial charge in [0, 0.05) is 10.4 Å². The average molecular weight is 226 g/mol. The predicted molar refractivity (Wildman–Crippen MR) is 63.8 cm³/mol. The van der Waals surface area contributed by atoms with Crippen molar-refractivity contribution in [3.63, 3.8) is 0 Å². The lowest BCUT2D eigenvalue weighted by Crippen LogP contribution is -2.46. The number of rotatable bonds is 4. The van der Waals surface area contributed by atoms with Crippen LogP contribution in [0.3, 0.4) is 0 Å². The van der Waals surface area contributed by atoms with Gasteiger partial charge in [-0.25, -0.2) is 0 Å². The maximum Gasteiger partial charge on any atom is 0.242 e. The van der Waals surface area contributed by atoms with Gasteiger partial charge in [0.05, 0.1) is 0 Å². The molecule has 15 heavy (non-hydrogen) atoms. The first-order valence-corrected chi connectivity index (χ1v) is 5.95. The third kappa shape index (κ3) is 3.32. The normalized spacial score (nSPS) is 13.6. The van der Waals surface area contributed by atoms with Crippen molar-refractivity contribution in [2.75, 3.05) is 0 Å². The van der Waals surface area contributed by atoms with Gasteiger partial charge in [0.1, 0.15) is 6.04 Å². The van der Waals surface area contributed by atoms with Crippen LogP contribution in [0.4, 0.5) is 0 Å². The first-order chi connectivity index (χ1) is 6.96. The summed E-state index contributed by atoms with van der Waals surface area (Å²) in [6, 6.07) is 3.24. The molecule has 1 heterocycles. The van der Waals surface area contributed by atoms with Crippen LogP contribution in [-0.4, -0.2) is 11.4 Å². The summed E-state index contributed by atoms with van der Waals surface area (Å²) in [4.78, 5) is 12.7. The molecule has 0 aliphatic carbocycles. The molecule has 1 amide bonds. The maximum atomic E-state index is 11.8. The molecule has 3 nitrogen and oxygen atoms in total. The number of nitrogens with two attached hydrogens (primary N) is 1. The summed E-state index contributed by atoms with van der Waals surface area (Å²) in [5.74, 6) is -0.107. The summed E-state index contributed by atoms with van der Waals surface area (Å²) in [5, 5.41) is 4.86. The number of hydrogen-bond donors (Lipinski definition) is 2. The lowest BCUT2D eigenvalue weighted by Gasteiger charge is -2.26. The quantitative estimate of drug-likeness (QED) is 0.825. The van der Waals surface area contributed by atoms with Crippen LogP contribution in [0.1, 0.15) is 38.1 Å². The fourth-order valence-electron chi connectivity index (χ4n) is 1.10. The third-order valence-electron chi connectivity index (χ3n) is 2.48. The molecule has 0 fully saturated rings. The molecule has 4 heteroatoms. The lowest BCUT2D eigenvalue weighted by molar-refractivity contribution is -0.124. The molecule has 1 rings (SSSR count). The van der Waals surface area contributed by atoms with Crippen LogP contribution >= 0.6 is 11.3 Å². The van der Waals surface area contributed by atoms with E-state index in [-0.39, 0.29) is 11.4 Å². The van der Waals surface area contributed by atoms with Gasteiger partial charge in [-0.2, -0.15) is 0 Å². The highest BCUT2D eigenvalue weighted by Crippen LogP contribution is 2.18. The molecule has 0 aliphatic rings. The molecule has 0 aliphatic heterocycles. The second-order valence-electron chi connectivity index (χ2n) is 4.22. The number of carbonyl (C=O) groups excluding carboxylic acids is 1. The minimum Gasteiger partial charge on any atom is -0.350 e. The van der Waals surface area contributed by atoms with Gasteiger partial charge in [-0.3, -0.25) is 4.79 Å². The topological polar surface area (TPSA) is 55.1 Å². The van der Waals surface area contributed by atoms with Crippen molar-refractivity contribution in [3.8, 4) is 0 Å². The second kappa shape index (κ2) is 4.77. The Hall–Kier alpha value is -0.870. The molecule has 1 aromatic rings. The van der Waals surface area contributed by atoms with E-state index >= 15 is 0 Å². The number of nitrogens with one attached hydrogen (secondary N) is 1. The average Bonchev–Trinajstić information content (AvgIpc) is 2.68. The molecule has 0 bridgehead atoms. The van der Waals surface area contributed by atoms with Gasteiger partial charge < -0.3 is 11.1 Å². The number of carbonyl (C=O) groups is 1. The van der Waals surface area contributed by atoms with Crippen LogP contribution in [0, 0.1) is 0 Å². The number of amides is 1. The van der Waals surface area contributed by atoms with Crippen LogP contribution in [0.5, 0.6) is 0 Å². The van der Waals surface area contributed by atoms with Crippen LogP contribution in [0.2, 0.25) is 0 Å². The second-order valence-corrected chi connectivity index (χ2v) is 5.20. The van der Waals surface area contributed by atoms with E-state index in [1.807, 2.05) is 38.3 Å². The molecule has 1 unspecified atom stereocenters. The van der Waals surface area contributed by atoms with Crippen LogP contribution in [-0.2, 0) is 4.79 Å². The Bertz CT molecular complexity index is 319. The molecule has 0 aromatic carbocycles. The summed E-state index contributed by atoms with van der Waals surface area (Å²) in [6.45, 7) is 6.02. The lowest BCUT2D eigenvalue weighted by atomic mass is 10.0. The van der Waals surface area contributed by atoms with Crippen molar-refractivity contribution >= 4 is 17.2 Å². The van der Waals surface area contributed by atoms with Crippen LogP contribution < -0.4 is 11.1 Å². The summed E-state index contributed by atoms with van der Waals surface area (Å²) in [6.07, 6.45) is 0.885. The van der Waals surface area contributed by atoms with Crippen LogP contribution in [0.25, 0.3) is 0 Å². The molecular formula is C11H18N2OS. The molecule has 1 aromatic heterocycles. The Balaban J connectivity index is 2.62. The van der Waals surface area contributed by atoms with Gasteiger partial charge in [-0.1, -0.05) is 13.0 Å². The number of thiophene rings is 1. The highest BCUT2D eigenvalue weighted by atomic mass is 32.1. The Morgan fingerprint density at radius 2 is 2.33 bits per heavy atom.